The zero-order valence-electron chi connectivity index (χ0n) is 13.9. The van der Waals surface area contributed by atoms with Gasteiger partial charge in [-0.3, -0.25) is 20.2 Å². The zero-order valence-corrected chi connectivity index (χ0v) is 14.7. The van der Waals surface area contributed by atoms with Gasteiger partial charge in [-0.05, 0) is 24.3 Å². The topological polar surface area (TPSA) is 103 Å². The molecule has 2 N–H and O–H groups in total. The van der Waals surface area contributed by atoms with Crippen LogP contribution in [0.3, 0.4) is 0 Å². The molecule has 2 rings (SSSR count). The Hall–Kier alpha value is -2.79. The van der Waals surface area contributed by atoms with Crippen LogP contribution in [0.25, 0.3) is 0 Å². The van der Waals surface area contributed by atoms with Gasteiger partial charge in [0.1, 0.15) is 13.1 Å². The van der Waals surface area contributed by atoms with E-state index in [-0.39, 0.29) is 11.4 Å². The first-order valence-electron chi connectivity index (χ1n) is 7.36. The van der Waals surface area contributed by atoms with Crippen molar-refractivity contribution in [2.24, 2.45) is 0 Å². The van der Waals surface area contributed by atoms with Crippen LogP contribution in [-0.4, -0.2) is 9.85 Å². The standard InChI is InChI=1S/C14H13N3O4.F6P/c18-16(19)13-5-1-11(2-6-13)9-15-10-12-3-7-14(8-4-12)17(20)21;1-7(2,3,4,5)6/h1-8,15H,9-10H2;/q;-1/p+1. The van der Waals surface area contributed by atoms with Gasteiger partial charge in [0.2, 0.25) is 0 Å². The molecule has 0 saturated heterocycles. The van der Waals surface area contributed by atoms with E-state index in [1.165, 1.54) is 24.3 Å². The third-order valence-corrected chi connectivity index (χ3v) is 3.05. The summed E-state index contributed by atoms with van der Waals surface area (Å²) in [5.41, 5.74) is 2.13. The summed E-state index contributed by atoms with van der Waals surface area (Å²) in [6.07, 6.45) is 0. The molecule has 0 aliphatic rings. The summed E-state index contributed by atoms with van der Waals surface area (Å²) in [5.74, 6) is 0. The van der Waals surface area contributed by atoms with Gasteiger partial charge in [0.15, 0.2) is 0 Å². The van der Waals surface area contributed by atoms with Gasteiger partial charge >= 0.3 is 33.0 Å². The van der Waals surface area contributed by atoms with Crippen LogP contribution in [-0.2, 0) is 13.1 Å². The van der Waals surface area contributed by atoms with Crippen LogP contribution in [0.15, 0.2) is 48.5 Å². The minimum atomic E-state index is -10.7. The van der Waals surface area contributed by atoms with Crippen molar-refractivity contribution in [1.29, 1.82) is 0 Å². The van der Waals surface area contributed by atoms with E-state index in [1.54, 1.807) is 24.3 Å². The van der Waals surface area contributed by atoms with Crippen molar-refractivity contribution >= 4 is 19.2 Å². The van der Waals surface area contributed by atoms with Crippen LogP contribution in [0.1, 0.15) is 11.1 Å². The van der Waals surface area contributed by atoms with Crippen molar-refractivity contribution in [3.05, 3.63) is 79.9 Å². The molecule has 0 spiro atoms. The maximum Gasteiger partial charge on any atom is 0.269 e. The molecule has 2 aromatic rings. The molecule has 156 valence electrons. The maximum absolute atomic E-state index is 10.7. The number of nitrogens with two attached hydrogens (primary N) is 1. The molecule has 0 radical (unpaired) electrons. The van der Waals surface area contributed by atoms with E-state index in [4.69, 9.17) is 0 Å². The SMILES string of the molecule is F[P-](F)(F)(F)(F)F.O=[N+]([O-])c1ccc(C[NH2+]Cc2ccc([N+](=O)[O-])cc2)cc1. The van der Waals surface area contributed by atoms with Gasteiger partial charge in [-0.25, -0.2) is 0 Å². The number of hydrogen-bond donors (Lipinski definition) is 1. The van der Waals surface area contributed by atoms with Crippen molar-refractivity contribution in [2.75, 3.05) is 0 Å². The second-order valence-electron chi connectivity index (χ2n) is 5.50. The third kappa shape index (κ3) is 11.8. The number of halogens is 6. The molecule has 0 unspecified atom stereocenters. The Morgan fingerprint density at radius 3 is 1.14 bits per heavy atom. The Morgan fingerprint density at radius 1 is 0.679 bits per heavy atom. The molecule has 0 bridgehead atoms. The van der Waals surface area contributed by atoms with E-state index in [0.29, 0.717) is 13.1 Å². The van der Waals surface area contributed by atoms with E-state index < -0.39 is 17.7 Å². The van der Waals surface area contributed by atoms with Crippen LogP contribution in [0, 0.1) is 20.2 Å². The molecule has 0 aliphatic heterocycles. The Labute approximate surface area is 153 Å². The fourth-order valence-electron chi connectivity index (χ4n) is 1.91. The molecule has 28 heavy (non-hydrogen) atoms. The van der Waals surface area contributed by atoms with Gasteiger partial charge in [0.25, 0.3) is 11.4 Å². The number of nitrogens with zero attached hydrogens (tertiary/aromatic N) is 2. The summed E-state index contributed by atoms with van der Waals surface area (Å²) in [7, 11) is -10.7. The fourth-order valence-corrected chi connectivity index (χ4v) is 1.91. The molecule has 14 heteroatoms. The monoisotopic (exact) mass is 433 g/mol. The van der Waals surface area contributed by atoms with Gasteiger partial charge in [-0.2, -0.15) is 0 Å². The van der Waals surface area contributed by atoms with Crippen LogP contribution in [0.2, 0.25) is 0 Å². The second-order valence-corrected chi connectivity index (χ2v) is 7.42. The maximum atomic E-state index is 10.5. The number of quaternary nitrogens is 1. The fraction of sp³-hybridized carbons (Fsp3) is 0.143. The van der Waals surface area contributed by atoms with E-state index in [0.717, 1.165) is 11.1 Å². The van der Waals surface area contributed by atoms with E-state index in [1.807, 2.05) is 5.32 Å². The molecule has 0 fully saturated rings. The first kappa shape index (κ1) is 23.2. The van der Waals surface area contributed by atoms with Crippen molar-refractivity contribution in [1.82, 2.24) is 0 Å². The van der Waals surface area contributed by atoms with Crippen LogP contribution in [0.4, 0.5) is 36.6 Å². The molecule has 0 aliphatic carbocycles. The van der Waals surface area contributed by atoms with Crippen LogP contribution < -0.4 is 5.32 Å². The summed E-state index contributed by atoms with van der Waals surface area (Å²) >= 11 is 0. The Kier molecular flexibility index (Phi) is 6.38. The molecule has 2 aromatic carbocycles. The van der Waals surface area contributed by atoms with Gasteiger partial charge in [-0.15, -0.1) is 0 Å². The summed E-state index contributed by atoms with van der Waals surface area (Å²) in [4.78, 5) is 20.2. The number of nitro benzene ring substituents is 2. The van der Waals surface area contributed by atoms with Crippen molar-refractivity contribution < 1.29 is 40.3 Å². The number of benzene rings is 2. The van der Waals surface area contributed by atoms with E-state index in [2.05, 4.69) is 0 Å². The third-order valence-electron chi connectivity index (χ3n) is 3.05. The normalized spacial score (nSPS) is 13.5. The second kappa shape index (κ2) is 7.68. The predicted molar refractivity (Wildman–Crippen MR) is 89.1 cm³/mol. The molecule has 0 atom stereocenters. The van der Waals surface area contributed by atoms with Crippen molar-refractivity contribution in [2.45, 2.75) is 13.1 Å². The molecule has 0 heterocycles. The zero-order chi connectivity index (χ0) is 21.7. The number of nitro groups is 2. The molecular weight excluding hydrogens is 419 g/mol. The summed E-state index contributed by atoms with van der Waals surface area (Å²) in [5, 5.41) is 23.1. The quantitative estimate of drug-likeness (QED) is 0.295. The van der Waals surface area contributed by atoms with E-state index >= 15 is 0 Å². The summed E-state index contributed by atoms with van der Waals surface area (Å²) in [6.45, 7) is 1.38. The van der Waals surface area contributed by atoms with Crippen LogP contribution in [0.5, 0.6) is 0 Å². The first-order valence-corrected chi connectivity index (χ1v) is 9.39. The molecule has 7 nitrogen and oxygen atoms in total. The van der Waals surface area contributed by atoms with E-state index in [9.17, 15) is 45.4 Å². The number of hydrogen-bond acceptors (Lipinski definition) is 4. The number of rotatable bonds is 6. The summed E-state index contributed by atoms with van der Waals surface area (Å²) in [6, 6.07) is 12.8. The Balaban J connectivity index is 0.000000480. The number of non-ortho nitro benzene ring substituents is 2. The predicted octanol–water partition coefficient (Wildman–Crippen LogP) is 5.15. The Morgan fingerprint density at radius 2 is 0.929 bits per heavy atom. The average molecular weight is 433 g/mol. The largest absolute Gasteiger partial charge is 0.339 e. The molecule has 0 amide bonds. The first-order chi connectivity index (χ1) is 12.5. The summed E-state index contributed by atoms with van der Waals surface area (Å²) < 4.78 is 59.2. The molecular formula is C14H14F6N3O4P. The van der Waals surface area contributed by atoms with Crippen molar-refractivity contribution in [3.8, 4) is 0 Å². The van der Waals surface area contributed by atoms with Gasteiger partial charge in [0.05, 0.1) is 9.85 Å². The smallest absolute Gasteiger partial charge is 0.269 e. The van der Waals surface area contributed by atoms with Crippen LogP contribution >= 0.6 is 7.81 Å². The average Bonchev–Trinajstić information content (AvgIpc) is 2.53. The minimum Gasteiger partial charge on any atom is -0.339 e. The van der Waals surface area contributed by atoms with Crippen molar-refractivity contribution in [3.63, 3.8) is 0 Å². The van der Waals surface area contributed by atoms with Gasteiger partial charge < -0.3 is 5.32 Å². The molecule has 0 aromatic heterocycles. The van der Waals surface area contributed by atoms with Gasteiger partial charge in [0, 0.05) is 35.4 Å². The Bertz CT molecular complexity index is 774. The van der Waals surface area contributed by atoms with Gasteiger partial charge in [-0.1, -0.05) is 0 Å². The minimum absolute atomic E-state index is 0.0779. The molecule has 0 saturated carbocycles.